The van der Waals surface area contributed by atoms with Gasteiger partial charge in [-0.25, -0.2) is 0 Å². The summed E-state index contributed by atoms with van der Waals surface area (Å²) in [5.41, 5.74) is 0. The molecule has 1 fully saturated rings. The summed E-state index contributed by atoms with van der Waals surface area (Å²) in [5.74, 6) is 0. The molecule has 1 aliphatic rings. The van der Waals surface area contributed by atoms with E-state index in [-0.39, 0.29) is 0 Å². The summed E-state index contributed by atoms with van der Waals surface area (Å²) in [5, 5.41) is 5.21. The van der Waals surface area contributed by atoms with Crippen LogP contribution in [0.15, 0.2) is 0 Å². The lowest BCUT2D eigenvalue weighted by Crippen LogP contribution is -2.33. The highest BCUT2D eigenvalue weighted by Gasteiger charge is 2.17. The van der Waals surface area contributed by atoms with E-state index in [0.29, 0.717) is 6.04 Å². The molecule has 1 unspecified atom stereocenters. The first-order chi connectivity index (χ1) is 7.76. The average molecular weight is 245 g/mol. The normalized spacial score (nSPS) is 20.2. The molecular weight excluding hydrogens is 218 g/mol. The molecule has 2 nitrogen and oxygen atoms in total. The van der Waals surface area contributed by atoms with Crippen molar-refractivity contribution in [3.05, 3.63) is 0 Å². The van der Waals surface area contributed by atoms with Crippen molar-refractivity contribution >= 4 is 11.8 Å². The van der Waals surface area contributed by atoms with Crippen molar-refractivity contribution in [2.45, 2.75) is 63.0 Å². The highest BCUT2D eigenvalue weighted by Crippen LogP contribution is 2.25. The summed E-state index contributed by atoms with van der Waals surface area (Å²) in [6, 6.07) is 0.706. The molecule has 0 aromatic heterocycles. The Balaban J connectivity index is 2.11. The molecule has 1 N–H and O–H groups in total. The quantitative estimate of drug-likeness (QED) is 0.745. The molecular formula is C13H27NOS. The van der Waals surface area contributed by atoms with E-state index >= 15 is 0 Å². The molecule has 0 radical (unpaired) electrons. The maximum atomic E-state index is 5.39. The molecule has 1 rings (SSSR count). The molecule has 0 saturated carbocycles. The predicted molar refractivity (Wildman–Crippen MR) is 73.3 cm³/mol. The van der Waals surface area contributed by atoms with E-state index in [2.05, 4.69) is 37.8 Å². The lowest BCUT2D eigenvalue weighted by Gasteiger charge is -2.25. The van der Waals surface area contributed by atoms with E-state index in [9.17, 15) is 0 Å². The van der Waals surface area contributed by atoms with Gasteiger partial charge in [0.05, 0.1) is 0 Å². The Hall–Kier alpha value is 0.270. The van der Waals surface area contributed by atoms with Gasteiger partial charge in [0.25, 0.3) is 0 Å². The minimum absolute atomic E-state index is 0.706. The average Bonchev–Trinajstić information content (AvgIpc) is 2.31. The monoisotopic (exact) mass is 245 g/mol. The molecule has 96 valence electrons. The fourth-order valence-electron chi connectivity index (χ4n) is 2.10. The second-order valence-corrected chi connectivity index (χ2v) is 6.42. The van der Waals surface area contributed by atoms with Gasteiger partial charge in [-0.2, -0.15) is 11.8 Å². The molecule has 1 atom stereocenters. The van der Waals surface area contributed by atoms with Crippen LogP contribution in [-0.4, -0.2) is 36.3 Å². The van der Waals surface area contributed by atoms with E-state index in [0.717, 1.165) is 30.3 Å². The van der Waals surface area contributed by atoms with Crippen LogP contribution in [0.1, 0.15) is 46.5 Å². The van der Waals surface area contributed by atoms with Crippen LogP contribution in [-0.2, 0) is 4.74 Å². The minimum atomic E-state index is 0.706. The number of thioether (sulfide) groups is 1. The van der Waals surface area contributed by atoms with E-state index in [1.165, 1.54) is 25.7 Å². The Morgan fingerprint density at radius 3 is 2.44 bits per heavy atom. The van der Waals surface area contributed by atoms with Crippen LogP contribution >= 0.6 is 11.8 Å². The van der Waals surface area contributed by atoms with Crippen molar-refractivity contribution < 1.29 is 4.74 Å². The largest absolute Gasteiger partial charge is 0.381 e. The number of hydrogen-bond donors (Lipinski definition) is 1. The molecule has 0 amide bonds. The third-order valence-electron chi connectivity index (χ3n) is 3.27. The van der Waals surface area contributed by atoms with Gasteiger partial charge in [0.15, 0.2) is 0 Å². The highest BCUT2D eigenvalue weighted by atomic mass is 32.2. The van der Waals surface area contributed by atoms with Crippen LogP contribution in [0.25, 0.3) is 0 Å². The summed E-state index contributed by atoms with van der Waals surface area (Å²) >= 11 is 2.14. The van der Waals surface area contributed by atoms with Crippen LogP contribution < -0.4 is 5.32 Å². The second kappa shape index (κ2) is 8.37. The SMILES string of the molecule is CCC(CC)NCC(C)SC1CCOCC1. The molecule has 1 saturated heterocycles. The third kappa shape index (κ3) is 5.55. The Kier molecular flexibility index (Phi) is 7.50. The van der Waals surface area contributed by atoms with Crippen LogP contribution in [0.5, 0.6) is 0 Å². The van der Waals surface area contributed by atoms with Crippen LogP contribution in [0.3, 0.4) is 0 Å². The van der Waals surface area contributed by atoms with Crippen LogP contribution in [0.2, 0.25) is 0 Å². The van der Waals surface area contributed by atoms with E-state index in [1.54, 1.807) is 0 Å². The van der Waals surface area contributed by atoms with E-state index < -0.39 is 0 Å². The van der Waals surface area contributed by atoms with Gasteiger partial charge in [-0.1, -0.05) is 20.8 Å². The van der Waals surface area contributed by atoms with Gasteiger partial charge in [-0.3, -0.25) is 0 Å². The molecule has 0 aromatic rings. The Morgan fingerprint density at radius 1 is 1.25 bits per heavy atom. The number of ether oxygens (including phenoxy) is 1. The van der Waals surface area contributed by atoms with Gasteiger partial charge in [0.1, 0.15) is 0 Å². The molecule has 0 aliphatic carbocycles. The first-order valence-electron chi connectivity index (χ1n) is 6.72. The van der Waals surface area contributed by atoms with E-state index in [1.807, 2.05) is 0 Å². The summed E-state index contributed by atoms with van der Waals surface area (Å²) in [7, 11) is 0. The minimum Gasteiger partial charge on any atom is -0.381 e. The van der Waals surface area contributed by atoms with Crippen molar-refractivity contribution in [2.24, 2.45) is 0 Å². The molecule has 16 heavy (non-hydrogen) atoms. The van der Waals surface area contributed by atoms with Crippen molar-refractivity contribution in [1.82, 2.24) is 5.32 Å². The standard InChI is InChI=1S/C13H27NOS/c1-4-12(5-2)14-10-11(3)16-13-6-8-15-9-7-13/h11-14H,4-10H2,1-3H3. The van der Waals surface area contributed by atoms with Crippen molar-refractivity contribution in [2.75, 3.05) is 19.8 Å². The number of rotatable bonds is 7. The lowest BCUT2D eigenvalue weighted by molar-refractivity contribution is 0.0999. The third-order valence-corrected chi connectivity index (χ3v) is 4.76. The maximum absolute atomic E-state index is 5.39. The molecule has 0 spiro atoms. The van der Waals surface area contributed by atoms with Gasteiger partial charge < -0.3 is 10.1 Å². The Morgan fingerprint density at radius 2 is 1.88 bits per heavy atom. The molecule has 0 aromatic carbocycles. The molecule has 3 heteroatoms. The number of nitrogens with one attached hydrogen (secondary N) is 1. The van der Waals surface area contributed by atoms with E-state index in [4.69, 9.17) is 4.74 Å². The molecule has 1 heterocycles. The van der Waals surface area contributed by atoms with Crippen molar-refractivity contribution in [3.63, 3.8) is 0 Å². The predicted octanol–water partition coefficient (Wildman–Crippen LogP) is 3.07. The first kappa shape index (κ1) is 14.3. The van der Waals surface area contributed by atoms with Gasteiger partial charge in [0.2, 0.25) is 0 Å². The first-order valence-corrected chi connectivity index (χ1v) is 7.67. The zero-order chi connectivity index (χ0) is 11.8. The van der Waals surface area contributed by atoms with Crippen LogP contribution in [0.4, 0.5) is 0 Å². The summed E-state index contributed by atoms with van der Waals surface area (Å²) in [6.45, 7) is 9.94. The maximum Gasteiger partial charge on any atom is 0.0476 e. The second-order valence-electron chi connectivity index (χ2n) is 4.68. The Bertz CT molecular complexity index is 167. The smallest absolute Gasteiger partial charge is 0.0476 e. The topological polar surface area (TPSA) is 21.3 Å². The van der Waals surface area contributed by atoms with Gasteiger partial charge in [-0.15, -0.1) is 0 Å². The van der Waals surface area contributed by atoms with Gasteiger partial charge in [-0.05, 0) is 25.7 Å². The highest BCUT2D eigenvalue weighted by molar-refractivity contribution is 8.00. The van der Waals surface area contributed by atoms with Gasteiger partial charge >= 0.3 is 0 Å². The fourth-order valence-corrected chi connectivity index (χ4v) is 3.41. The summed E-state index contributed by atoms with van der Waals surface area (Å²) in [4.78, 5) is 0. The lowest BCUT2D eigenvalue weighted by atomic mass is 10.2. The fraction of sp³-hybridized carbons (Fsp3) is 1.00. The molecule has 0 bridgehead atoms. The Labute approximate surface area is 105 Å². The zero-order valence-corrected chi connectivity index (χ0v) is 11.8. The van der Waals surface area contributed by atoms with Gasteiger partial charge in [0, 0.05) is 36.3 Å². The number of hydrogen-bond acceptors (Lipinski definition) is 3. The summed E-state index contributed by atoms with van der Waals surface area (Å²) in [6.07, 6.45) is 4.95. The van der Waals surface area contributed by atoms with Crippen molar-refractivity contribution in [3.8, 4) is 0 Å². The molecule has 1 aliphatic heterocycles. The van der Waals surface area contributed by atoms with Crippen LogP contribution in [0, 0.1) is 0 Å². The van der Waals surface area contributed by atoms with Crippen molar-refractivity contribution in [1.29, 1.82) is 0 Å². The summed E-state index contributed by atoms with van der Waals surface area (Å²) < 4.78 is 5.39. The zero-order valence-electron chi connectivity index (χ0n) is 11.0.